The Balaban J connectivity index is 1.89. The van der Waals surface area contributed by atoms with Crippen LogP contribution >= 0.6 is 23.4 Å². The maximum absolute atomic E-state index is 11.7. The van der Waals surface area contributed by atoms with Crippen molar-refractivity contribution in [2.45, 2.75) is 29.6 Å². The van der Waals surface area contributed by atoms with Gasteiger partial charge in [-0.25, -0.2) is 9.97 Å². The molecule has 1 aromatic carbocycles. The summed E-state index contributed by atoms with van der Waals surface area (Å²) in [5.41, 5.74) is 1.98. The van der Waals surface area contributed by atoms with Gasteiger partial charge in [0.25, 0.3) is 5.65 Å². The van der Waals surface area contributed by atoms with Crippen molar-refractivity contribution in [3.63, 3.8) is 0 Å². The van der Waals surface area contributed by atoms with Gasteiger partial charge in [0.05, 0.1) is 29.5 Å². The molecule has 0 aliphatic heterocycles. The molecule has 2 aromatic heterocycles. The molecule has 0 aliphatic carbocycles. The molecule has 2 heterocycles. The number of pyridine rings is 1. The average Bonchev–Trinajstić information content (AvgIpc) is 2.93. The summed E-state index contributed by atoms with van der Waals surface area (Å²) < 4.78 is 5.03. The number of hydrogen-bond acceptors (Lipinski definition) is 3. The highest BCUT2D eigenvalue weighted by atomic mass is 35.5. The minimum absolute atomic E-state index is 0.178. The highest BCUT2D eigenvalue weighted by molar-refractivity contribution is 7.99. The number of aromatic nitrogens is 2. The predicted octanol–water partition coefficient (Wildman–Crippen LogP) is 4.28. The molecule has 2 N–H and O–H groups in total. The largest absolute Gasteiger partial charge is 0.466 e. The number of aromatic amines is 2. The van der Waals surface area contributed by atoms with Crippen LogP contribution in [0.2, 0.25) is 5.02 Å². The van der Waals surface area contributed by atoms with E-state index in [-0.39, 0.29) is 5.97 Å². The minimum Gasteiger partial charge on any atom is -0.466 e. The Morgan fingerprint density at radius 1 is 1.29 bits per heavy atom. The zero-order valence-electron chi connectivity index (χ0n) is 13.3. The molecule has 0 saturated heterocycles. The lowest BCUT2D eigenvalue weighted by Gasteiger charge is -2.03. The summed E-state index contributed by atoms with van der Waals surface area (Å²) in [5, 5.41) is 1.82. The van der Waals surface area contributed by atoms with Gasteiger partial charge in [-0.15, -0.1) is 0 Å². The van der Waals surface area contributed by atoms with E-state index >= 15 is 0 Å². The summed E-state index contributed by atoms with van der Waals surface area (Å²) in [6.07, 6.45) is 2.84. The Labute approximate surface area is 149 Å². The molecule has 124 valence electrons. The van der Waals surface area contributed by atoms with Gasteiger partial charge in [0, 0.05) is 16.3 Å². The first-order chi connectivity index (χ1) is 11.7. The van der Waals surface area contributed by atoms with E-state index in [2.05, 4.69) is 16.0 Å². The van der Waals surface area contributed by atoms with Gasteiger partial charge in [0.1, 0.15) is 5.69 Å². The number of aryl methyl sites for hydroxylation is 1. The number of halogens is 1. The smallest absolute Gasteiger partial charge is 0.306 e. The number of carbonyl (C=O) groups is 1. The maximum Gasteiger partial charge on any atom is 0.306 e. The molecular weight excluding hydrogens is 344 g/mol. The van der Waals surface area contributed by atoms with Crippen molar-refractivity contribution in [2.75, 3.05) is 6.61 Å². The number of rotatable bonds is 6. The molecule has 3 aromatic rings. The number of H-pyrrole nitrogens is 2. The molecule has 0 fully saturated rings. The lowest BCUT2D eigenvalue weighted by molar-refractivity contribution is -0.347. The highest BCUT2D eigenvalue weighted by Gasteiger charge is 2.19. The molecule has 4 nitrogen and oxygen atoms in total. The molecule has 0 bridgehead atoms. The molecule has 0 saturated carbocycles. The molecule has 6 heteroatoms. The molecule has 0 atom stereocenters. The van der Waals surface area contributed by atoms with Crippen LogP contribution in [-0.2, 0) is 16.0 Å². The molecule has 0 amide bonds. The normalized spacial score (nSPS) is 10.9. The summed E-state index contributed by atoms with van der Waals surface area (Å²) in [7, 11) is 0. The lowest BCUT2D eigenvalue weighted by atomic mass is 10.2. The molecule has 0 spiro atoms. The van der Waals surface area contributed by atoms with Crippen LogP contribution in [0.25, 0.3) is 11.0 Å². The van der Waals surface area contributed by atoms with E-state index in [0.717, 1.165) is 26.5 Å². The van der Waals surface area contributed by atoms with Gasteiger partial charge in [-0.3, -0.25) is 4.79 Å². The van der Waals surface area contributed by atoms with Gasteiger partial charge in [0.15, 0.2) is 0 Å². The Morgan fingerprint density at radius 2 is 2.08 bits per heavy atom. The quantitative estimate of drug-likeness (QED) is 0.666. The van der Waals surface area contributed by atoms with Gasteiger partial charge in [-0.05, 0) is 43.3 Å². The van der Waals surface area contributed by atoms with Gasteiger partial charge in [0.2, 0.25) is 0 Å². The number of ether oxygens (including phenoxy) is 1. The molecule has 0 radical (unpaired) electrons. The van der Waals surface area contributed by atoms with Crippen LogP contribution in [0.1, 0.15) is 19.0 Å². The van der Waals surface area contributed by atoms with Crippen molar-refractivity contribution in [2.24, 2.45) is 0 Å². The Morgan fingerprint density at radius 3 is 2.83 bits per heavy atom. The van der Waals surface area contributed by atoms with E-state index in [9.17, 15) is 4.79 Å². The number of carbonyl (C=O) groups excluding carboxylic acids is 1. The van der Waals surface area contributed by atoms with E-state index in [4.69, 9.17) is 16.3 Å². The maximum atomic E-state index is 11.7. The van der Waals surface area contributed by atoms with Crippen LogP contribution < -0.4 is 4.98 Å². The lowest BCUT2D eigenvalue weighted by Crippen LogP contribution is -2.06. The molecule has 0 aliphatic rings. The van der Waals surface area contributed by atoms with Crippen molar-refractivity contribution >= 4 is 40.4 Å². The van der Waals surface area contributed by atoms with Crippen molar-refractivity contribution in [1.82, 2.24) is 4.98 Å². The number of nitrogens with one attached hydrogen (secondary N) is 2. The second kappa shape index (κ2) is 7.73. The van der Waals surface area contributed by atoms with Crippen molar-refractivity contribution in [1.29, 1.82) is 0 Å². The molecular formula is C18H18ClN2O2S+. The SMILES string of the molecule is CCOC(=O)CCc1[nH]c2[nH+]cccc2c1Sc1ccc(Cl)cc1. The number of fused-ring (bicyclic) bond motifs is 1. The van der Waals surface area contributed by atoms with Gasteiger partial charge in [-0.2, -0.15) is 0 Å². The second-order valence-corrected chi connectivity index (χ2v) is 6.77. The monoisotopic (exact) mass is 361 g/mol. The second-order valence-electron chi connectivity index (χ2n) is 5.25. The molecule has 24 heavy (non-hydrogen) atoms. The average molecular weight is 362 g/mol. The van der Waals surface area contributed by atoms with Crippen LogP contribution in [0.5, 0.6) is 0 Å². The fraction of sp³-hybridized carbons (Fsp3) is 0.222. The third kappa shape index (κ3) is 3.91. The van der Waals surface area contributed by atoms with E-state index in [1.807, 2.05) is 43.5 Å². The standard InChI is InChI=1S/C18H17ClN2O2S/c1-2-23-16(22)10-9-15-17(14-4-3-11-20-18(14)21-15)24-13-7-5-12(19)6-8-13/h3-8,11H,2,9-10H2,1H3,(H,20,21)/p+1. The summed E-state index contributed by atoms with van der Waals surface area (Å²) in [6, 6.07) is 11.8. The summed E-state index contributed by atoms with van der Waals surface area (Å²) >= 11 is 7.62. The third-order valence-electron chi connectivity index (χ3n) is 3.57. The van der Waals surface area contributed by atoms with E-state index in [0.29, 0.717) is 24.5 Å². The number of esters is 1. The van der Waals surface area contributed by atoms with Crippen LogP contribution in [0, 0.1) is 0 Å². The Bertz CT molecular complexity index is 846. The summed E-state index contributed by atoms with van der Waals surface area (Å²) in [4.78, 5) is 20.5. The number of benzene rings is 1. The minimum atomic E-state index is -0.178. The van der Waals surface area contributed by atoms with Gasteiger partial charge in [-0.1, -0.05) is 23.4 Å². The molecule has 0 unspecified atom stereocenters. The Hall–Kier alpha value is -1.98. The van der Waals surface area contributed by atoms with Crippen LogP contribution in [0.4, 0.5) is 0 Å². The van der Waals surface area contributed by atoms with E-state index in [1.165, 1.54) is 0 Å². The zero-order chi connectivity index (χ0) is 16.9. The van der Waals surface area contributed by atoms with E-state index in [1.54, 1.807) is 11.8 Å². The number of hydrogen-bond donors (Lipinski definition) is 1. The van der Waals surface area contributed by atoms with E-state index < -0.39 is 0 Å². The summed E-state index contributed by atoms with van der Waals surface area (Å²) in [6.45, 7) is 2.23. The van der Waals surface area contributed by atoms with Crippen molar-refractivity contribution < 1.29 is 14.5 Å². The summed E-state index contributed by atoms with van der Waals surface area (Å²) in [5.74, 6) is -0.178. The first-order valence-electron chi connectivity index (χ1n) is 7.77. The van der Waals surface area contributed by atoms with Crippen LogP contribution in [-0.4, -0.2) is 17.6 Å². The Kier molecular flexibility index (Phi) is 5.43. The topological polar surface area (TPSA) is 56.2 Å². The van der Waals surface area contributed by atoms with Crippen LogP contribution in [0.3, 0.4) is 0 Å². The zero-order valence-corrected chi connectivity index (χ0v) is 14.8. The van der Waals surface area contributed by atoms with Crippen LogP contribution in [0.15, 0.2) is 52.4 Å². The van der Waals surface area contributed by atoms with Crippen molar-refractivity contribution in [3.05, 3.63) is 53.3 Å². The fourth-order valence-corrected chi connectivity index (χ4v) is 3.66. The van der Waals surface area contributed by atoms with Crippen molar-refractivity contribution in [3.8, 4) is 0 Å². The first-order valence-corrected chi connectivity index (χ1v) is 8.97. The third-order valence-corrected chi connectivity index (χ3v) is 5.00. The first kappa shape index (κ1) is 16.9. The highest BCUT2D eigenvalue weighted by Crippen LogP contribution is 2.36. The molecule has 3 rings (SSSR count). The van der Waals surface area contributed by atoms with Gasteiger partial charge < -0.3 is 4.74 Å². The fourth-order valence-electron chi connectivity index (χ4n) is 2.47. The predicted molar refractivity (Wildman–Crippen MR) is 95.4 cm³/mol. The van der Waals surface area contributed by atoms with Gasteiger partial charge >= 0.3 is 5.97 Å².